The lowest BCUT2D eigenvalue weighted by Crippen LogP contribution is -2.42. The first-order valence-electron chi connectivity index (χ1n) is 12.4. The summed E-state index contributed by atoms with van der Waals surface area (Å²) in [7, 11) is 0. The molecule has 9 nitrogen and oxygen atoms in total. The standard InChI is InChI=1S/C26H28F2N6O3/c1-16-14-18(2-3-19(16)25(36)33-11-7-26(27,28)8-12-33)31-23-22-20(5-10-30-24(22)35)34(32-23)21-15-37-13-6-17(21)4-9-29/h2-3,5,10,14,17,21H,4,6-8,11-13,15H2,1H3,(H,30,35)(H,31,32). The number of hydrogen-bond acceptors (Lipinski definition) is 6. The Balaban J connectivity index is 1.43. The summed E-state index contributed by atoms with van der Waals surface area (Å²) >= 11 is 0. The van der Waals surface area contributed by atoms with Crippen LogP contribution in [0.15, 0.2) is 35.3 Å². The van der Waals surface area contributed by atoms with Crippen LogP contribution in [-0.2, 0) is 4.74 Å². The molecule has 2 unspecified atom stereocenters. The van der Waals surface area contributed by atoms with E-state index in [1.807, 2.05) is 0 Å². The Morgan fingerprint density at radius 3 is 2.84 bits per heavy atom. The number of benzene rings is 1. The maximum absolute atomic E-state index is 13.5. The highest BCUT2D eigenvalue weighted by Gasteiger charge is 2.36. The van der Waals surface area contributed by atoms with E-state index in [0.29, 0.717) is 53.2 Å². The molecule has 2 aliphatic heterocycles. The molecule has 0 bridgehead atoms. The van der Waals surface area contributed by atoms with Crippen molar-refractivity contribution in [2.45, 2.75) is 44.6 Å². The molecular weight excluding hydrogens is 482 g/mol. The lowest BCUT2D eigenvalue weighted by Gasteiger charge is -2.32. The normalized spacial score (nSPS) is 21.5. The fraction of sp³-hybridized carbons (Fsp3) is 0.462. The van der Waals surface area contributed by atoms with Crippen molar-refractivity contribution in [1.82, 2.24) is 19.7 Å². The number of amides is 1. The molecule has 2 fully saturated rings. The van der Waals surface area contributed by atoms with Gasteiger partial charge in [0.1, 0.15) is 5.39 Å². The number of hydrogen-bond donors (Lipinski definition) is 2. The van der Waals surface area contributed by atoms with E-state index >= 15 is 0 Å². The number of nitrogens with zero attached hydrogens (tertiary/aromatic N) is 4. The van der Waals surface area contributed by atoms with Gasteiger partial charge in [-0.25, -0.2) is 8.78 Å². The number of carbonyl (C=O) groups is 1. The number of likely N-dealkylation sites (tertiary alicyclic amines) is 1. The molecule has 194 valence electrons. The number of nitriles is 1. The molecule has 0 saturated carbocycles. The number of aromatic amines is 1. The van der Waals surface area contributed by atoms with E-state index in [9.17, 15) is 23.6 Å². The zero-order valence-electron chi connectivity index (χ0n) is 20.5. The fourth-order valence-electron chi connectivity index (χ4n) is 5.16. The van der Waals surface area contributed by atoms with Gasteiger partial charge in [0.2, 0.25) is 0 Å². The van der Waals surface area contributed by atoms with Crippen LogP contribution in [0.4, 0.5) is 20.3 Å². The predicted molar refractivity (Wildman–Crippen MR) is 133 cm³/mol. The van der Waals surface area contributed by atoms with Crippen molar-refractivity contribution in [2.75, 3.05) is 31.6 Å². The SMILES string of the molecule is Cc1cc(Nc2nn(C3COCCC3CC#N)c3cc[nH]c(=O)c23)ccc1C(=O)N1CCC(F)(F)CC1. The molecule has 4 heterocycles. The topological polar surface area (TPSA) is 116 Å². The molecule has 2 aromatic heterocycles. The van der Waals surface area contributed by atoms with E-state index in [4.69, 9.17) is 9.84 Å². The summed E-state index contributed by atoms with van der Waals surface area (Å²) in [5, 5.41) is 17.6. The maximum Gasteiger partial charge on any atom is 0.261 e. The molecule has 37 heavy (non-hydrogen) atoms. The minimum Gasteiger partial charge on any atom is -0.379 e. The van der Waals surface area contributed by atoms with Crippen LogP contribution in [-0.4, -0.2) is 57.8 Å². The van der Waals surface area contributed by atoms with Gasteiger partial charge in [-0.1, -0.05) is 0 Å². The van der Waals surface area contributed by atoms with Gasteiger partial charge in [0, 0.05) is 56.4 Å². The summed E-state index contributed by atoms with van der Waals surface area (Å²) in [6.45, 7) is 2.81. The molecule has 2 saturated heterocycles. The lowest BCUT2D eigenvalue weighted by atomic mass is 9.92. The van der Waals surface area contributed by atoms with Gasteiger partial charge in [-0.2, -0.15) is 10.4 Å². The minimum absolute atomic E-state index is 0.0230. The van der Waals surface area contributed by atoms with Crippen molar-refractivity contribution >= 4 is 28.3 Å². The number of rotatable bonds is 5. The molecule has 5 rings (SSSR count). The van der Waals surface area contributed by atoms with Crippen LogP contribution in [0.2, 0.25) is 0 Å². The number of halogens is 2. The number of ether oxygens (including phenoxy) is 1. The average Bonchev–Trinajstić information content (AvgIpc) is 3.23. The summed E-state index contributed by atoms with van der Waals surface area (Å²) in [6.07, 6.45) is 2.00. The number of alkyl halides is 2. The van der Waals surface area contributed by atoms with E-state index in [1.54, 1.807) is 42.1 Å². The minimum atomic E-state index is -2.72. The molecular formula is C26H28F2N6O3. The number of piperidine rings is 1. The Bertz CT molecular complexity index is 1420. The second kappa shape index (κ2) is 9.94. The fourth-order valence-corrected chi connectivity index (χ4v) is 5.16. The summed E-state index contributed by atoms with van der Waals surface area (Å²) in [4.78, 5) is 29.9. The summed E-state index contributed by atoms with van der Waals surface area (Å²) in [6, 6.07) is 8.98. The molecule has 3 aromatic rings. The van der Waals surface area contributed by atoms with Gasteiger partial charge in [-0.15, -0.1) is 0 Å². The van der Waals surface area contributed by atoms with E-state index in [2.05, 4.69) is 16.4 Å². The number of anilines is 2. The smallest absolute Gasteiger partial charge is 0.261 e. The molecule has 0 spiro atoms. The number of H-pyrrole nitrogens is 1. The number of aromatic nitrogens is 3. The van der Waals surface area contributed by atoms with Gasteiger partial charge in [-0.05, 0) is 49.1 Å². The number of pyridine rings is 1. The van der Waals surface area contributed by atoms with Crippen molar-refractivity contribution in [3.63, 3.8) is 0 Å². The first-order chi connectivity index (χ1) is 17.8. The van der Waals surface area contributed by atoms with Gasteiger partial charge in [0.05, 0.1) is 24.2 Å². The van der Waals surface area contributed by atoms with Gasteiger partial charge >= 0.3 is 0 Å². The van der Waals surface area contributed by atoms with E-state index in [1.165, 1.54) is 4.90 Å². The highest BCUT2D eigenvalue weighted by Crippen LogP contribution is 2.34. The zero-order valence-corrected chi connectivity index (χ0v) is 20.5. The van der Waals surface area contributed by atoms with Crippen LogP contribution in [0.25, 0.3) is 10.9 Å². The molecule has 0 aliphatic carbocycles. The first kappa shape index (κ1) is 24.9. The number of carbonyl (C=O) groups excluding carboxylic acids is 1. The molecule has 2 atom stereocenters. The Hall–Kier alpha value is -3.78. The van der Waals surface area contributed by atoms with Crippen LogP contribution in [0.1, 0.15) is 47.6 Å². The molecule has 0 radical (unpaired) electrons. The second-order valence-electron chi connectivity index (χ2n) is 9.72. The van der Waals surface area contributed by atoms with Gasteiger partial charge < -0.3 is 19.9 Å². The second-order valence-corrected chi connectivity index (χ2v) is 9.72. The predicted octanol–water partition coefficient (Wildman–Crippen LogP) is 4.14. The summed E-state index contributed by atoms with van der Waals surface area (Å²) in [5.74, 6) is -2.58. The Morgan fingerprint density at radius 2 is 2.11 bits per heavy atom. The highest BCUT2D eigenvalue weighted by molar-refractivity contribution is 5.96. The number of fused-ring (bicyclic) bond motifs is 1. The number of aryl methyl sites for hydroxylation is 1. The van der Waals surface area contributed by atoms with E-state index in [0.717, 1.165) is 6.42 Å². The van der Waals surface area contributed by atoms with Crippen molar-refractivity contribution in [3.8, 4) is 6.07 Å². The third kappa shape index (κ3) is 4.93. The Morgan fingerprint density at radius 1 is 1.32 bits per heavy atom. The third-order valence-corrected chi connectivity index (χ3v) is 7.27. The van der Waals surface area contributed by atoms with Gasteiger partial charge in [0.25, 0.3) is 17.4 Å². The van der Waals surface area contributed by atoms with Crippen LogP contribution < -0.4 is 10.9 Å². The largest absolute Gasteiger partial charge is 0.379 e. The quantitative estimate of drug-likeness (QED) is 0.533. The highest BCUT2D eigenvalue weighted by atomic mass is 19.3. The van der Waals surface area contributed by atoms with Crippen LogP contribution in [0.3, 0.4) is 0 Å². The van der Waals surface area contributed by atoms with Crippen molar-refractivity contribution < 1.29 is 18.3 Å². The van der Waals surface area contributed by atoms with Crippen LogP contribution >= 0.6 is 0 Å². The first-order valence-corrected chi connectivity index (χ1v) is 12.4. The maximum atomic E-state index is 13.5. The Labute approximate surface area is 212 Å². The number of nitrogens with one attached hydrogen (secondary N) is 2. The molecule has 2 N–H and O–H groups in total. The van der Waals surface area contributed by atoms with Crippen molar-refractivity contribution in [3.05, 3.63) is 51.9 Å². The lowest BCUT2D eigenvalue weighted by molar-refractivity contribution is -0.0494. The molecule has 1 aromatic carbocycles. The zero-order chi connectivity index (χ0) is 26.2. The van der Waals surface area contributed by atoms with Gasteiger partial charge in [0.15, 0.2) is 5.82 Å². The van der Waals surface area contributed by atoms with Crippen molar-refractivity contribution in [2.24, 2.45) is 5.92 Å². The summed E-state index contributed by atoms with van der Waals surface area (Å²) in [5.41, 5.74) is 2.09. The average molecular weight is 511 g/mol. The third-order valence-electron chi connectivity index (χ3n) is 7.27. The van der Waals surface area contributed by atoms with E-state index in [-0.39, 0.29) is 49.4 Å². The van der Waals surface area contributed by atoms with E-state index < -0.39 is 5.92 Å². The molecule has 11 heteroatoms. The summed E-state index contributed by atoms with van der Waals surface area (Å²) < 4.78 is 34.5. The molecule has 2 aliphatic rings. The van der Waals surface area contributed by atoms with Crippen LogP contribution in [0.5, 0.6) is 0 Å². The monoisotopic (exact) mass is 510 g/mol. The van der Waals surface area contributed by atoms with Gasteiger partial charge in [-0.3, -0.25) is 14.3 Å². The molecule has 1 amide bonds. The van der Waals surface area contributed by atoms with Crippen molar-refractivity contribution in [1.29, 1.82) is 5.26 Å². The van der Waals surface area contributed by atoms with Crippen LogP contribution in [0, 0.1) is 24.2 Å². The Kier molecular flexibility index (Phi) is 6.69.